The van der Waals surface area contributed by atoms with Crippen LogP contribution >= 0.6 is 0 Å². The molecule has 106 valence electrons. The molecular formula is C16H14N2O3. The van der Waals surface area contributed by atoms with Gasteiger partial charge in [0.1, 0.15) is 0 Å². The van der Waals surface area contributed by atoms with Crippen molar-refractivity contribution in [3.05, 3.63) is 59.7 Å². The van der Waals surface area contributed by atoms with Crippen LogP contribution in [0.25, 0.3) is 0 Å². The van der Waals surface area contributed by atoms with E-state index in [1.54, 1.807) is 12.1 Å². The zero-order valence-electron chi connectivity index (χ0n) is 11.2. The SMILES string of the molecule is O=C(O)c1cccc2c1NCC(c1ccccc1)C(=O)N2. The van der Waals surface area contributed by atoms with Gasteiger partial charge in [0.25, 0.3) is 0 Å². The molecular weight excluding hydrogens is 268 g/mol. The van der Waals surface area contributed by atoms with Crippen LogP contribution in [0.15, 0.2) is 48.5 Å². The van der Waals surface area contributed by atoms with E-state index >= 15 is 0 Å². The van der Waals surface area contributed by atoms with Crippen molar-refractivity contribution in [2.75, 3.05) is 17.2 Å². The first-order chi connectivity index (χ1) is 10.2. The summed E-state index contributed by atoms with van der Waals surface area (Å²) >= 11 is 0. The van der Waals surface area contributed by atoms with Gasteiger partial charge >= 0.3 is 5.97 Å². The number of amides is 1. The largest absolute Gasteiger partial charge is 0.478 e. The third-order valence-electron chi connectivity index (χ3n) is 3.55. The van der Waals surface area contributed by atoms with Gasteiger partial charge in [-0.05, 0) is 17.7 Å². The van der Waals surface area contributed by atoms with Gasteiger partial charge in [-0.3, -0.25) is 4.79 Å². The fraction of sp³-hybridized carbons (Fsp3) is 0.125. The molecule has 1 atom stereocenters. The Morgan fingerprint density at radius 1 is 1.10 bits per heavy atom. The smallest absolute Gasteiger partial charge is 0.337 e. The number of rotatable bonds is 2. The van der Waals surface area contributed by atoms with E-state index in [9.17, 15) is 14.7 Å². The summed E-state index contributed by atoms with van der Waals surface area (Å²) in [5.41, 5.74) is 2.00. The van der Waals surface area contributed by atoms with E-state index in [1.165, 1.54) is 6.07 Å². The van der Waals surface area contributed by atoms with Gasteiger partial charge < -0.3 is 15.7 Å². The second-order valence-corrected chi connectivity index (χ2v) is 4.87. The van der Waals surface area contributed by atoms with E-state index in [0.717, 1.165) is 5.56 Å². The molecule has 1 unspecified atom stereocenters. The lowest BCUT2D eigenvalue weighted by Crippen LogP contribution is -2.23. The Morgan fingerprint density at radius 3 is 2.57 bits per heavy atom. The molecule has 0 fully saturated rings. The number of carboxylic acid groups (broad SMARTS) is 1. The van der Waals surface area contributed by atoms with Crippen LogP contribution in [0.2, 0.25) is 0 Å². The highest BCUT2D eigenvalue weighted by atomic mass is 16.4. The van der Waals surface area contributed by atoms with E-state index < -0.39 is 5.97 Å². The molecule has 1 heterocycles. The number of aromatic carboxylic acids is 1. The fourth-order valence-corrected chi connectivity index (χ4v) is 2.50. The molecule has 2 aromatic carbocycles. The molecule has 0 bridgehead atoms. The number of nitrogens with one attached hydrogen (secondary N) is 2. The average Bonchev–Trinajstić information content (AvgIpc) is 2.65. The lowest BCUT2D eigenvalue weighted by molar-refractivity contribution is -0.117. The number of anilines is 2. The lowest BCUT2D eigenvalue weighted by atomic mass is 9.98. The molecule has 5 nitrogen and oxygen atoms in total. The van der Waals surface area contributed by atoms with E-state index in [0.29, 0.717) is 17.9 Å². The monoisotopic (exact) mass is 282 g/mol. The molecule has 0 saturated heterocycles. The van der Waals surface area contributed by atoms with Crippen molar-refractivity contribution in [2.24, 2.45) is 0 Å². The molecule has 0 spiro atoms. The van der Waals surface area contributed by atoms with E-state index in [4.69, 9.17) is 0 Å². The molecule has 1 amide bonds. The maximum atomic E-state index is 12.4. The van der Waals surface area contributed by atoms with Gasteiger partial charge in [0.2, 0.25) is 5.91 Å². The highest BCUT2D eigenvalue weighted by Gasteiger charge is 2.26. The number of fused-ring (bicyclic) bond motifs is 1. The number of carboxylic acids is 1. The van der Waals surface area contributed by atoms with Crippen molar-refractivity contribution >= 4 is 23.3 Å². The summed E-state index contributed by atoms with van der Waals surface area (Å²) in [7, 11) is 0. The summed E-state index contributed by atoms with van der Waals surface area (Å²) in [5.74, 6) is -1.53. The van der Waals surface area contributed by atoms with Crippen LogP contribution < -0.4 is 10.6 Å². The molecule has 2 aromatic rings. The Hall–Kier alpha value is -2.82. The van der Waals surface area contributed by atoms with Gasteiger partial charge in [-0.15, -0.1) is 0 Å². The summed E-state index contributed by atoms with van der Waals surface area (Å²) in [6.07, 6.45) is 0. The normalized spacial score (nSPS) is 17.1. The van der Waals surface area contributed by atoms with Crippen LogP contribution in [0.3, 0.4) is 0 Å². The van der Waals surface area contributed by atoms with Crippen molar-refractivity contribution in [3.8, 4) is 0 Å². The van der Waals surface area contributed by atoms with Crippen LogP contribution in [0.4, 0.5) is 11.4 Å². The summed E-state index contributed by atoms with van der Waals surface area (Å²) < 4.78 is 0. The number of hydrogen-bond donors (Lipinski definition) is 3. The second kappa shape index (κ2) is 5.28. The van der Waals surface area contributed by atoms with Crippen LogP contribution in [0, 0.1) is 0 Å². The minimum Gasteiger partial charge on any atom is -0.478 e. The first kappa shape index (κ1) is 13.2. The minimum absolute atomic E-state index is 0.144. The Bertz CT molecular complexity index is 698. The first-order valence-electron chi connectivity index (χ1n) is 6.63. The molecule has 0 aliphatic carbocycles. The van der Waals surface area contributed by atoms with Gasteiger partial charge in [0.15, 0.2) is 0 Å². The Labute approximate surface area is 121 Å². The molecule has 1 aliphatic heterocycles. The van der Waals surface area contributed by atoms with Crippen molar-refractivity contribution in [3.63, 3.8) is 0 Å². The maximum Gasteiger partial charge on any atom is 0.337 e. The van der Waals surface area contributed by atoms with Crippen molar-refractivity contribution in [1.29, 1.82) is 0 Å². The van der Waals surface area contributed by atoms with E-state index in [1.807, 2.05) is 30.3 Å². The Kier molecular flexibility index (Phi) is 3.31. The second-order valence-electron chi connectivity index (χ2n) is 4.87. The van der Waals surface area contributed by atoms with Gasteiger partial charge in [-0.2, -0.15) is 0 Å². The number of carbonyl (C=O) groups excluding carboxylic acids is 1. The van der Waals surface area contributed by atoms with Crippen LogP contribution in [0.1, 0.15) is 21.8 Å². The number of para-hydroxylation sites is 1. The third-order valence-corrected chi connectivity index (χ3v) is 3.55. The van der Waals surface area contributed by atoms with Crippen LogP contribution in [0.5, 0.6) is 0 Å². The minimum atomic E-state index is -1.02. The summed E-state index contributed by atoms with van der Waals surface area (Å²) in [6, 6.07) is 14.3. The molecule has 0 radical (unpaired) electrons. The number of hydrogen-bond acceptors (Lipinski definition) is 3. The summed E-state index contributed by atoms with van der Waals surface area (Å²) in [5, 5.41) is 15.1. The van der Waals surface area contributed by atoms with E-state index in [-0.39, 0.29) is 17.4 Å². The highest BCUT2D eigenvalue weighted by Crippen LogP contribution is 2.31. The van der Waals surface area contributed by atoms with E-state index in [2.05, 4.69) is 10.6 Å². The summed E-state index contributed by atoms with van der Waals surface area (Å²) in [6.45, 7) is 0.354. The summed E-state index contributed by atoms with van der Waals surface area (Å²) in [4.78, 5) is 23.6. The molecule has 21 heavy (non-hydrogen) atoms. The average molecular weight is 282 g/mol. The Balaban J connectivity index is 1.98. The third kappa shape index (κ3) is 2.45. The van der Waals surface area contributed by atoms with Crippen molar-refractivity contribution in [2.45, 2.75) is 5.92 Å². The maximum absolute atomic E-state index is 12.4. The Morgan fingerprint density at radius 2 is 1.86 bits per heavy atom. The predicted octanol–water partition coefficient (Wildman–Crippen LogP) is 2.53. The molecule has 1 aliphatic rings. The standard InChI is InChI=1S/C16H14N2O3/c19-15-12(10-5-2-1-3-6-10)9-17-14-11(16(20)21)7-4-8-13(14)18-15/h1-8,12,17H,9H2,(H,18,19)(H,20,21). The number of carbonyl (C=O) groups is 2. The van der Waals surface area contributed by atoms with Gasteiger partial charge in [-0.25, -0.2) is 4.79 Å². The zero-order valence-corrected chi connectivity index (χ0v) is 11.2. The fourth-order valence-electron chi connectivity index (χ4n) is 2.50. The lowest BCUT2D eigenvalue weighted by Gasteiger charge is -2.13. The molecule has 0 saturated carbocycles. The van der Waals surface area contributed by atoms with Crippen LogP contribution in [-0.4, -0.2) is 23.5 Å². The van der Waals surface area contributed by atoms with Gasteiger partial charge in [0, 0.05) is 6.54 Å². The van der Waals surface area contributed by atoms with Crippen LogP contribution in [-0.2, 0) is 4.79 Å². The van der Waals surface area contributed by atoms with Gasteiger partial charge in [-0.1, -0.05) is 36.4 Å². The topological polar surface area (TPSA) is 78.4 Å². The quantitative estimate of drug-likeness (QED) is 0.791. The predicted molar refractivity (Wildman–Crippen MR) is 79.7 cm³/mol. The molecule has 3 N–H and O–H groups in total. The highest BCUT2D eigenvalue weighted by molar-refractivity contribution is 6.05. The van der Waals surface area contributed by atoms with Gasteiger partial charge in [0.05, 0.1) is 22.9 Å². The molecule has 5 heteroatoms. The van der Waals surface area contributed by atoms with Crippen molar-refractivity contribution in [1.82, 2.24) is 0 Å². The first-order valence-corrected chi connectivity index (χ1v) is 6.63. The number of benzene rings is 2. The zero-order chi connectivity index (χ0) is 14.8. The molecule has 0 aromatic heterocycles. The molecule has 3 rings (SSSR count). The van der Waals surface area contributed by atoms with Crippen molar-refractivity contribution < 1.29 is 14.7 Å².